The van der Waals surface area contributed by atoms with Crippen LogP contribution in [0, 0.1) is 0 Å². The van der Waals surface area contributed by atoms with Crippen LogP contribution in [0.3, 0.4) is 0 Å². The van der Waals surface area contributed by atoms with Crippen molar-refractivity contribution in [2.75, 3.05) is 10.6 Å². The molecule has 0 bridgehead atoms. The summed E-state index contributed by atoms with van der Waals surface area (Å²) in [7, 11) is -10.8. The molecule has 0 saturated carbocycles. The van der Waals surface area contributed by atoms with E-state index in [1.807, 2.05) is 0 Å². The summed E-state index contributed by atoms with van der Waals surface area (Å²) in [6.07, 6.45) is 2.42. The van der Waals surface area contributed by atoms with Gasteiger partial charge in [0.1, 0.15) is 20.2 Å². The summed E-state index contributed by atoms with van der Waals surface area (Å²) in [5, 5.41) is 23.8. The van der Waals surface area contributed by atoms with Gasteiger partial charge in [0.05, 0.1) is 43.5 Å². The number of carboxylic acids is 2. The van der Waals surface area contributed by atoms with Crippen molar-refractivity contribution in [1.29, 1.82) is 0 Å². The first-order chi connectivity index (χ1) is 26.4. The summed E-state index contributed by atoms with van der Waals surface area (Å²) in [4.78, 5) is 68.5. The van der Waals surface area contributed by atoms with Crippen molar-refractivity contribution >= 4 is 85.0 Å². The predicted octanol–water partition coefficient (Wildman–Crippen LogP) is -2.24. The molecular weight excluding hydrogens is 819 g/mol. The van der Waals surface area contributed by atoms with Gasteiger partial charge in [-0.05, 0) is 70.8 Å². The molecule has 21 heteroatoms. The molecule has 17 nitrogen and oxygen atoms in total. The number of benzene rings is 4. The topological polar surface area (TPSA) is 289 Å². The maximum Gasteiger partial charge on any atom is 1.00 e. The van der Waals surface area contributed by atoms with Gasteiger partial charge in [-0.25, -0.2) is 41.2 Å². The maximum atomic E-state index is 13.2. The fourth-order valence-electron chi connectivity index (χ4n) is 5.90. The Labute approximate surface area is 373 Å². The van der Waals surface area contributed by atoms with Crippen molar-refractivity contribution in [3.05, 3.63) is 129 Å². The molecule has 4 amide bonds. The molecule has 0 saturated heterocycles. The van der Waals surface area contributed by atoms with E-state index in [-0.39, 0.29) is 106 Å². The first-order valence-corrected chi connectivity index (χ1v) is 18.8. The van der Waals surface area contributed by atoms with E-state index >= 15 is 0 Å². The van der Waals surface area contributed by atoms with Crippen LogP contribution in [0.4, 0.5) is 16.2 Å². The number of fused-ring (bicyclic) bond motifs is 2. The minimum atomic E-state index is -5.41. The number of carboxylic acid groups (broad SMARTS) is 2. The molecule has 2 aliphatic carbocycles. The fraction of sp³-hybridized carbons (Fsp3) is 0.0541. The molecule has 0 atom stereocenters. The predicted molar refractivity (Wildman–Crippen MR) is 197 cm³/mol. The fourth-order valence-corrected chi connectivity index (χ4v) is 7.29. The number of hydrogen-bond acceptors (Lipinski definition) is 11. The molecule has 0 aromatic heterocycles. The summed E-state index contributed by atoms with van der Waals surface area (Å²) in [5.74, 6) is -5.32. The van der Waals surface area contributed by atoms with E-state index < -0.39 is 70.9 Å². The second-order valence-electron chi connectivity index (χ2n) is 12.1. The Hall–Kier alpha value is -4.93. The standard InChI is InChI=1S/C37H26N4O13S2.2Na/c42-33(40-29-15-21-7-3-1-5-19(21)13-27(29)35(44)45)25-11-9-23(17-31(25)55(49,50)51)38-37(48)39-24-10-12-26(32(18-24)56(52,53)54)34(43)41-30-16-22-8-4-2-6-20(22)14-28(30)36(46)47;;/h1-14,17-18H,15-16H2,(H,44,45)(H,46,47)(H2,38,39,48)(H,49,50,51)(H,52,53,54);;/q;2*+1/p-2. The van der Waals surface area contributed by atoms with E-state index in [1.54, 1.807) is 48.5 Å². The molecule has 2 aliphatic rings. The molecule has 4 N–H and O–H groups in total. The Bertz CT molecular complexity index is 2590. The van der Waals surface area contributed by atoms with Gasteiger partial charge in [0.15, 0.2) is 0 Å². The number of carbonyl (C=O) groups excluding carboxylic acids is 3. The van der Waals surface area contributed by atoms with Crippen LogP contribution in [-0.4, -0.2) is 77.4 Å². The maximum absolute atomic E-state index is 13.2. The molecule has 6 rings (SSSR count). The molecular formula is C37H24N4Na2O13S2. The monoisotopic (exact) mass is 842 g/mol. The van der Waals surface area contributed by atoms with Crippen LogP contribution in [-0.2, 0) is 42.7 Å². The molecule has 0 fully saturated rings. The normalized spacial score (nSPS) is 14.7. The number of aliphatic imine (C=N–C) groups is 2. The van der Waals surface area contributed by atoms with Crippen LogP contribution in [0.2, 0.25) is 0 Å². The summed E-state index contributed by atoms with van der Waals surface area (Å²) < 4.78 is 73.3. The van der Waals surface area contributed by atoms with E-state index in [1.165, 1.54) is 12.2 Å². The Kier molecular flexibility index (Phi) is 14.5. The summed E-state index contributed by atoms with van der Waals surface area (Å²) in [5.41, 5.74) is -0.757. The number of nitrogens with zero attached hydrogens (tertiary/aromatic N) is 2. The van der Waals surface area contributed by atoms with Crippen LogP contribution in [0.1, 0.15) is 43.0 Å². The third-order valence-electron chi connectivity index (χ3n) is 8.46. The molecule has 58 heavy (non-hydrogen) atoms. The van der Waals surface area contributed by atoms with E-state index in [9.17, 15) is 60.1 Å². The Morgan fingerprint density at radius 1 is 0.569 bits per heavy atom. The van der Waals surface area contributed by atoms with Gasteiger partial charge in [-0.3, -0.25) is 9.59 Å². The number of carbonyl (C=O) groups is 5. The van der Waals surface area contributed by atoms with Crippen LogP contribution < -0.4 is 69.7 Å². The number of hydrogen-bond donors (Lipinski definition) is 4. The third-order valence-corrected chi connectivity index (χ3v) is 10.2. The number of anilines is 2. The average molecular weight is 843 g/mol. The van der Waals surface area contributed by atoms with Crippen molar-refractivity contribution < 1.29 is 119 Å². The Morgan fingerprint density at radius 2 is 0.931 bits per heavy atom. The minimum absolute atomic E-state index is 0. The molecule has 0 aliphatic heterocycles. The van der Waals surface area contributed by atoms with Crippen molar-refractivity contribution in [2.45, 2.75) is 22.6 Å². The van der Waals surface area contributed by atoms with Gasteiger partial charge in [0, 0.05) is 24.2 Å². The smallest absolute Gasteiger partial charge is 0.744 e. The quantitative estimate of drug-likeness (QED) is 0.108. The van der Waals surface area contributed by atoms with Gasteiger partial charge in [-0.1, -0.05) is 48.5 Å². The van der Waals surface area contributed by atoms with Crippen LogP contribution in [0.5, 0.6) is 0 Å². The van der Waals surface area contributed by atoms with Crippen molar-refractivity contribution in [3.63, 3.8) is 0 Å². The Balaban J connectivity index is 0.00000372. The number of aliphatic carboxylic acids is 2. The SMILES string of the molecule is O=C(Nc1ccc(C(=O)N=C2Cc3ccccc3C=C2C(=O)O)c(S(=O)(=O)[O-])c1)Nc1ccc(C(=O)N=C2Cc3ccccc3C=C2C(=O)O)c(S(=O)(=O)[O-])c1.[Na+].[Na+]. The van der Waals surface area contributed by atoms with Gasteiger partial charge in [0.25, 0.3) is 11.8 Å². The molecule has 284 valence electrons. The van der Waals surface area contributed by atoms with Crippen molar-refractivity contribution in [2.24, 2.45) is 9.98 Å². The van der Waals surface area contributed by atoms with Gasteiger partial charge in [-0.2, -0.15) is 0 Å². The van der Waals surface area contributed by atoms with Gasteiger partial charge < -0.3 is 30.0 Å². The Morgan fingerprint density at radius 3 is 1.28 bits per heavy atom. The number of urea groups is 1. The molecule has 4 aromatic carbocycles. The number of amides is 4. The van der Waals surface area contributed by atoms with Gasteiger partial charge >= 0.3 is 77.1 Å². The molecule has 0 radical (unpaired) electrons. The van der Waals surface area contributed by atoms with Crippen molar-refractivity contribution in [3.8, 4) is 0 Å². The molecule has 4 aromatic rings. The van der Waals surface area contributed by atoms with Crippen LogP contribution in [0.25, 0.3) is 12.2 Å². The van der Waals surface area contributed by atoms with Crippen LogP contribution >= 0.6 is 0 Å². The largest absolute Gasteiger partial charge is 1.00 e. The van der Waals surface area contributed by atoms with Crippen molar-refractivity contribution in [1.82, 2.24) is 0 Å². The van der Waals surface area contributed by atoms with Gasteiger partial charge in [0.2, 0.25) is 0 Å². The minimum Gasteiger partial charge on any atom is -0.744 e. The second kappa shape index (κ2) is 18.3. The summed E-state index contributed by atoms with van der Waals surface area (Å²) in [6.45, 7) is 0. The summed E-state index contributed by atoms with van der Waals surface area (Å²) >= 11 is 0. The second-order valence-corrected chi connectivity index (χ2v) is 14.8. The third kappa shape index (κ3) is 10.4. The zero-order valence-corrected chi connectivity index (χ0v) is 35.9. The molecule has 0 unspecified atom stereocenters. The van der Waals surface area contributed by atoms with E-state index in [2.05, 4.69) is 20.6 Å². The first-order valence-electron chi connectivity index (χ1n) is 16.0. The molecule has 0 heterocycles. The zero-order chi connectivity index (χ0) is 40.5. The molecule has 0 spiro atoms. The summed E-state index contributed by atoms with van der Waals surface area (Å²) in [6, 6.07) is 17.4. The van der Waals surface area contributed by atoms with Crippen LogP contribution in [0.15, 0.2) is 116 Å². The van der Waals surface area contributed by atoms with Gasteiger partial charge in [-0.15, -0.1) is 0 Å². The number of rotatable bonds is 8. The zero-order valence-electron chi connectivity index (χ0n) is 30.2. The number of nitrogens with one attached hydrogen (secondary N) is 2. The van der Waals surface area contributed by atoms with E-state index in [0.717, 1.165) is 24.3 Å². The first kappa shape index (κ1) is 45.8. The van der Waals surface area contributed by atoms with E-state index in [4.69, 9.17) is 0 Å². The average Bonchev–Trinajstić information content (AvgIpc) is 3.13. The van der Waals surface area contributed by atoms with E-state index in [0.29, 0.717) is 34.4 Å².